The number of nitrogens with zero attached hydrogens (tertiary/aromatic N) is 2. The average Bonchev–Trinajstić information content (AvgIpc) is 3.50. The molecule has 2 amide bonds. The highest BCUT2D eigenvalue weighted by molar-refractivity contribution is 6.30. The van der Waals surface area contributed by atoms with E-state index >= 15 is 0 Å². The average molecular weight is 398 g/mol. The lowest BCUT2D eigenvalue weighted by atomic mass is 9.96. The number of nitrogens with one attached hydrogen (secondary N) is 1. The first kappa shape index (κ1) is 19.1. The summed E-state index contributed by atoms with van der Waals surface area (Å²) in [5.41, 5.74) is 5.31. The Kier molecular flexibility index (Phi) is 5.24. The summed E-state index contributed by atoms with van der Waals surface area (Å²) in [6.07, 6.45) is 2.24. The molecule has 4 nitrogen and oxygen atoms in total. The van der Waals surface area contributed by atoms with Crippen molar-refractivity contribution in [2.24, 2.45) is 0 Å². The van der Waals surface area contributed by atoms with Gasteiger partial charge < -0.3 is 15.1 Å². The molecule has 0 spiro atoms. The molecule has 1 heterocycles. The molecule has 4 rings (SSSR count). The van der Waals surface area contributed by atoms with Crippen LogP contribution in [0.2, 0.25) is 5.02 Å². The maximum Gasteiger partial charge on any atom is 0.317 e. The van der Waals surface area contributed by atoms with Gasteiger partial charge in [0, 0.05) is 48.8 Å². The van der Waals surface area contributed by atoms with Gasteiger partial charge in [0.25, 0.3) is 0 Å². The number of anilines is 1. The maximum atomic E-state index is 12.7. The third-order valence-electron chi connectivity index (χ3n) is 6.37. The van der Waals surface area contributed by atoms with Crippen LogP contribution in [-0.2, 0) is 5.41 Å². The molecule has 1 saturated heterocycles. The number of amides is 2. The van der Waals surface area contributed by atoms with Gasteiger partial charge in [-0.3, -0.25) is 0 Å². The van der Waals surface area contributed by atoms with Gasteiger partial charge in [0.15, 0.2) is 0 Å². The molecule has 0 atom stereocenters. The summed E-state index contributed by atoms with van der Waals surface area (Å²) in [6, 6.07) is 14.5. The maximum absolute atomic E-state index is 12.7. The van der Waals surface area contributed by atoms with Crippen LogP contribution < -0.4 is 10.2 Å². The molecule has 2 aromatic rings. The van der Waals surface area contributed by atoms with Crippen molar-refractivity contribution in [1.82, 2.24) is 10.2 Å². The van der Waals surface area contributed by atoms with E-state index < -0.39 is 0 Å². The number of urea groups is 1. The minimum atomic E-state index is 0.0563. The molecule has 2 aliphatic rings. The molecule has 148 valence electrons. The van der Waals surface area contributed by atoms with Crippen LogP contribution >= 0.6 is 11.6 Å². The first-order valence-corrected chi connectivity index (χ1v) is 10.5. The summed E-state index contributed by atoms with van der Waals surface area (Å²) in [6.45, 7) is 8.29. The van der Waals surface area contributed by atoms with E-state index in [4.69, 9.17) is 11.6 Å². The fraction of sp³-hybridized carbons (Fsp3) is 0.435. The minimum absolute atomic E-state index is 0.0563. The van der Waals surface area contributed by atoms with Gasteiger partial charge in [-0.05, 0) is 61.6 Å². The largest absolute Gasteiger partial charge is 0.368 e. The van der Waals surface area contributed by atoms with Gasteiger partial charge in [0.05, 0.1) is 0 Å². The smallest absolute Gasteiger partial charge is 0.317 e. The summed E-state index contributed by atoms with van der Waals surface area (Å²) in [4.78, 5) is 17.0. The van der Waals surface area contributed by atoms with Crippen LogP contribution in [0.5, 0.6) is 0 Å². The number of hydrogen-bond donors (Lipinski definition) is 1. The number of rotatable bonds is 4. The van der Waals surface area contributed by atoms with E-state index in [0.717, 1.165) is 44.0 Å². The Morgan fingerprint density at radius 1 is 1.04 bits per heavy atom. The molecule has 28 heavy (non-hydrogen) atoms. The van der Waals surface area contributed by atoms with Crippen LogP contribution in [0.4, 0.5) is 10.5 Å². The van der Waals surface area contributed by atoms with E-state index in [0.29, 0.717) is 6.54 Å². The van der Waals surface area contributed by atoms with E-state index in [1.54, 1.807) is 0 Å². The molecule has 1 N–H and O–H groups in total. The Balaban J connectivity index is 1.31. The minimum Gasteiger partial charge on any atom is -0.368 e. The van der Waals surface area contributed by atoms with Gasteiger partial charge in [-0.2, -0.15) is 0 Å². The number of carbonyl (C=O) groups excluding carboxylic acids is 1. The van der Waals surface area contributed by atoms with Crippen molar-refractivity contribution in [3.05, 3.63) is 64.2 Å². The zero-order valence-corrected chi connectivity index (χ0v) is 17.4. The number of aryl methyl sites for hydroxylation is 1. The zero-order chi connectivity index (χ0) is 19.7. The second-order valence-electron chi connectivity index (χ2n) is 8.14. The molecule has 1 saturated carbocycles. The van der Waals surface area contributed by atoms with E-state index in [1.807, 2.05) is 17.0 Å². The van der Waals surface area contributed by atoms with Crippen LogP contribution in [0.25, 0.3) is 0 Å². The summed E-state index contributed by atoms with van der Waals surface area (Å²) in [5, 5.41) is 3.93. The van der Waals surface area contributed by atoms with Crippen LogP contribution in [0.15, 0.2) is 42.5 Å². The Morgan fingerprint density at radius 3 is 2.36 bits per heavy atom. The number of carbonyl (C=O) groups is 1. The molecule has 0 aromatic heterocycles. The van der Waals surface area contributed by atoms with Gasteiger partial charge in [-0.25, -0.2) is 4.79 Å². The molecule has 0 bridgehead atoms. The van der Waals surface area contributed by atoms with Crippen molar-refractivity contribution in [1.29, 1.82) is 0 Å². The second kappa shape index (κ2) is 7.67. The van der Waals surface area contributed by atoms with Gasteiger partial charge in [-0.1, -0.05) is 35.9 Å². The lowest BCUT2D eigenvalue weighted by Gasteiger charge is -2.37. The number of halogens is 1. The SMILES string of the molecule is Cc1cccc(N2CCN(C(=O)NCC3(c4ccc(Cl)cc4)CC3)CC2)c1C. The predicted octanol–water partition coefficient (Wildman–Crippen LogP) is 4.52. The Morgan fingerprint density at radius 2 is 1.71 bits per heavy atom. The fourth-order valence-corrected chi connectivity index (χ4v) is 4.23. The number of benzene rings is 2. The molecule has 1 aliphatic heterocycles. The van der Waals surface area contributed by atoms with Crippen molar-refractivity contribution >= 4 is 23.3 Å². The normalized spacial score (nSPS) is 18.1. The quantitative estimate of drug-likeness (QED) is 0.823. The van der Waals surface area contributed by atoms with Gasteiger partial charge in [0.2, 0.25) is 0 Å². The van der Waals surface area contributed by atoms with Gasteiger partial charge >= 0.3 is 6.03 Å². The molecule has 2 aromatic carbocycles. The van der Waals surface area contributed by atoms with Crippen LogP contribution in [0.3, 0.4) is 0 Å². The number of hydrogen-bond acceptors (Lipinski definition) is 2. The van der Waals surface area contributed by atoms with Crippen molar-refractivity contribution < 1.29 is 4.79 Å². The monoisotopic (exact) mass is 397 g/mol. The standard InChI is InChI=1S/C23H28ClN3O/c1-17-4-3-5-21(18(17)2)26-12-14-27(15-13-26)22(28)25-16-23(10-11-23)19-6-8-20(24)9-7-19/h3-9H,10-16H2,1-2H3,(H,25,28). The fourth-order valence-electron chi connectivity index (χ4n) is 4.11. The topological polar surface area (TPSA) is 35.6 Å². The Labute approximate surface area is 172 Å². The summed E-state index contributed by atoms with van der Waals surface area (Å²) < 4.78 is 0. The highest BCUT2D eigenvalue weighted by Crippen LogP contribution is 2.47. The lowest BCUT2D eigenvalue weighted by molar-refractivity contribution is 0.193. The summed E-state index contributed by atoms with van der Waals surface area (Å²) >= 11 is 6.01. The van der Waals surface area contributed by atoms with Crippen LogP contribution in [0, 0.1) is 13.8 Å². The summed E-state index contributed by atoms with van der Waals surface area (Å²) in [5.74, 6) is 0. The highest BCUT2D eigenvalue weighted by atomic mass is 35.5. The highest BCUT2D eigenvalue weighted by Gasteiger charge is 2.44. The zero-order valence-electron chi connectivity index (χ0n) is 16.7. The van der Waals surface area contributed by atoms with Crippen LogP contribution in [-0.4, -0.2) is 43.7 Å². The van der Waals surface area contributed by atoms with Gasteiger partial charge in [0.1, 0.15) is 0 Å². The van der Waals surface area contributed by atoms with E-state index in [2.05, 4.69) is 54.4 Å². The molecule has 2 fully saturated rings. The molecule has 1 aliphatic carbocycles. The van der Waals surface area contributed by atoms with Crippen LogP contribution in [0.1, 0.15) is 29.5 Å². The van der Waals surface area contributed by atoms with E-state index in [-0.39, 0.29) is 11.4 Å². The predicted molar refractivity (Wildman–Crippen MR) is 115 cm³/mol. The molecular formula is C23H28ClN3O. The lowest BCUT2D eigenvalue weighted by Crippen LogP contribution is -2.52. The first-order chi connectivity index (χ1) is 13.5. The second-order valence-corrected chi connectivity index (χ2v) is 8.58. The van der Waals surface area contributed by atoms with Gasteiger partial charge in [-0.15, -0.1) is 0 Å². The van der Waals surface area contributed by atoms with Crippen molar-refractivity contribution in [2.75, 3.05) is 37.6 Å². The van der Waals surface area contributed by atoms with E-state index in [1.165, 1.54) is 22.4 Å². The van der Waals surface area contributed by atoms with E-state index in [9.17, 15) is 4.79 Å². The molecule has 5 heteroatoms. The van der Waals surface area contributed by atoms with Crippen molar-refractivity contribution in [2.45, 2.75) is 32.1 Å². The molecule has 0 unspecified atom stereocenters. The Hall–Kier alpha value is -2.20. The first-order valence-electron chi connectivity index (χ1n) is 10.1. The third kappa shape index (κ3) is 3.83. The molecular weight excluding hydrogens is 370 g/mol. The Bertz CT molecular complexity index is 853. The van der Waals surface area contributed by atoms with Crippen molar-refractivity contribution in [3.8, 4) is 0 Å². The summed E-state index contributed by atoms with van der Waals surface area (Å²) in [7, 11) is 0. The third-order valence-corrected chi connectivity index (χ3v) is 6.62. The number of piperazine rings is 1. The molecule has 0 radical (unpaired) electrons. The van der Waals surface area contributed by atoms with Crippen molar-refractivity contribution in [3.63, 3.8) is 0 Å².